The van der Waals surface area contributed by atoms with Gasteiger partial charge in [-0.3, -0.25) is 0 Å². The van der Waals surface area contributed by atoms with Crippen LogP contribution in [0.15, 0.2) is 0 Å². The van der Waals surface area contributed by atoms with Gasteiger partial charge in [0, 0.05) is 6.61 Å². The Labute approximate surface area is 135 Å². The quantitative estimate of drug-likeness (QED) is 0.512. The molecule has 0 bridgehead atoms. The third kappa shape index (κ3) is 7.83. The number of hydrogen-bond donors (Lipinski definition) is 0. The van der Waals surface area contributed by atoms with Gasteiger partial charge in [-0.15, -0.1) is 0 Å². The molecule has 2 heteroatoms. The van der Waals surface area contributed by atoms with Crippen molar-refractivity contribution >= 4 is 9.04 Å². The summed E-state index contributed by atoms with van der Waals surface area (Å²) in [5.74, 6) is 0. The Morgan fingerprint density at radius 2 is 1.00 bits per heavy atom. The zero-order chi connectivity index (χ0) is 14.6. The molecule has 0 radical (unpaired) electrons. The zero-order valence-electron chi connectivity index (χ0n) is 14.3. The van der Waals surface area contributed by atoms with Gasteiger partial charge in [0.05, 0.1) is 0 Å². The zero-order valence-corrected chi connectivity index (χ0v) is 15.4. The lowest BCUT2D eigenvalue weighted by Gasteiger charge is -2.29. The summed E-state index contributed by atoms with van der Waals surface area (Å²) >= 11 is 0. The second-order valence-corrected chi connectivity index (χ2v) is 10.4. The molecule has 1 saturated carbocycles. The summed E-state index contributed by atoms with van der Waals surface area (Å²) in [5.41, 5.74) is 1.01. The molecule has 1 heterocycles. The summed E-state index contributed by atoms with van der Waals surface area (Å²) in [6.07, 6.45) is 23.6. The lowest BCUT2D eigenvalue weighted by molar-refractivity contribution is 0.274. The SMILES string of the molecule is C1CCCCCCCC([SiH]2CCCCO2)CCCCCC1. The second-order valence-electron chi connectivity index (χ2n) is 7.49. The molecule has 0 spiro atoms. The Hall–Kier alpha value is 0.177. The maximum absolute atomic E-state index is 6.25. The van der Waals surface area contributed by atoms with Gasteiger partial charge in [0.15, 0.2) is 9.04 Å². The molecule has 1 aliphatic heterocycles. The van der Waals surface area contributed by atoms with Crippen molar-refractivity contribution in [3.8, 4) is 0 Å². The van der Waals surface area contributed by atoms with Crippen molar-refractivity contribution in [2.75, 3.05) is 6.61 Å². The van der Waals surface area contributed by atoms with E-state index in [1.807, 2.05) is 0 Å². The van der Waals surface area contributed by atoms with Gasteiger partial charge in [-0.2, -0.15) is 0 Å². The summed E-state index contributed by atoms with van der Waals surface area (Å²) in [5, 5.41) is 0. The predicted molar refractivity (Wildman–Crippen MR) is 95.5 cm³/mol. The van der Waals surface area contributed by atoms with Crippen LogP contribution in [0.25, 0.3) is 0 Å². The van der Waals surface area contributed by atoms with Crippen LogP contribution >= 0.6 is 0 Å². The maximum Gasteiger partial charge on any atom is 0.179 e. The van der Waals surface area contributed by atoms with Crippen LogP contribution in [-0.4, -0.2) is 15.6 Å². The van der Waals surface area contributed by atoms with Crippen molar-refractivity contribution in [2.24, 2.45) is 0 Å². The normalized spacial score (nSPS) is 29.4. The fraction of sp³-hybridized carbons (Fsp3) is 1.00. The second kappa shape index (κ2) is 11.7. The summed E-state index contributed by atoms with van der Waals surface area (Å²) in [6.45, 7) is 1.09. The van der Waals surface area contributed by atoms with Gasteiger partial charge in [-0.05, 0) is 18.0 Å². The average Bonchev–Trinajstić information content (AvgIpc) is 2.54. The molecule has 0 amide bonds. The molecule has 0 aromatic rings. The summed E-state index contributed by atoms with van der Waals surface area (Å²) in [4.78, 5) is 0. The number of rotatable bonds is 1. The smallest absolute Gasteiger partial charge is 0.179 e. The highest BCUT2D eigenvalue weighted by Gasteiger charge is 2.25. The first-order valence-electron chi connectivity index (χ1n) is 10.1. The van der Waals surface area contributed by atoms with E-state index in [9.17, 15) is 0 Å². The molecule has 124 valence electrons. The summed E-state index contributed by atoms with van der Waals surface area (Å²) in [7, 11) is -0.846. The predicted octanol–water partition coefficient (Wildman–Crippen LogP) is 6.37. The van der Waals surface area contributed by atoms with Crippen LogP contribution in [0, 0.1) is 0 Å². The molecule has 1 nitrogen and oxygen atoms in total. The minimum Gasteiger partial charge on any atom is -0.420 e. The Bertz CT molecular complexity index is 222. The minimum absolute atomic E-state index is 0.846. The van der Waals surface area contributed by atoms with E-state index in [4.69, 9.17) is 4.43 Å². The Morgan fingerprint density at radius 3 is 1.43 bits per heavy atom. The van der Waals surface area contributed by atoms with Crippen LogP contribution in [-0.2, 0) is 4.43 Å². The van der Waals surface area contributed by atoms with E-state index in [1.54, 1.807) is 0 Å². The molecule has 0 aromatic heterocycles. The number of hydrogen-bond acceptors (Lipinski definition) is 1. The van der Waals surface area contributed by atoms with Crippen LogP contribution < -0.4 is 0 Å². The lowest BCUT2D eigenvalue weighted by Crippen LogP contribution is -2.29. The third-order valence-electron chi connectivity index (χ3n) is 5.64. The summed E-state index contributed by atoms with van der Waals surface area (Å²) < 4.78 is 6.25. The van der Waals surface area contributed by atoms with Crippen LogP contribution in [0.3, 0.4) is 0 Å². The molecule has 0 aromatic carbocycles. The van der Waals surface area contributed by atoms with Crippen molar-refractivity contribution < 1.29 is 4.43 Å². The molecular formula is C19H38OSi. The first-order valence-corrected chi connectivity index (χ1v) is 12.0. The minimum atomic E-state index is -0.846. The third-order valence-corrected chi connectivity index (χ3v) is 9.00. The van der Waals surface area contributed by atoms with Gasteiger partial charge in [-0.25, -0.2) is 0 Å². The van der Waals surface area contributed by atoms with E-state index in [0.717, 1.165) is 12.1 Å². The topological polar surface area (TPSA) is 9.23 Å². The molecule has 2 fully saturated rings. The van der Waals surface area contributed by atoms with E-state index in [2.05, 4.69) is 0 Å². The first kappa shape index (κ1) is 17.5. The van der Waals surface area contributed by atoms with E-state index < -0.39 is 9.04 Å². The van der Waals surface area contributed by atoms with Gasteiger partial charge < -0.3 is 4.43 Å². The fourth-order valence-corrected chi connectivity index (χ4v) is 7.52. The van der Waals surface area contributed by atoms with Gasteiger partial charge in [-0.1, -0.05) is 96.3 Å². The maximum atomic E-state index is 6.25. The van der Waals surface area contributed by atoms with Crippen molar-refractivity contribution in [2.45, 2.75) is 114 Å². The standard InChI is InChI=1S/C19H38OSi/c1-2-4-6-8-10-12-16-19(15-11-9-7-5-3-1)21-18-14-13-17-20-21/h19,21H,1-18H2. The molecular weight excluding hydrogens is 272 g/mol. The van der Waals surface area contributed by atoms with E-state index in [-0.39, 0.29) is 0 Å². The molecule has 2 rings (SSSR count). The average molecular weight is 311 g/mol. The highest BCUT2D eigenvalue weighted by molar-refractivity contribution is 6.53. The largest absolute Gasteiger partial charge is 0.420 e. The highest BCUT2D eigenvalue weighted by atomic mass is 28.3. The van der Waals surface area contributed by atoms with Crippen molar-refractivity contribution in [1.29, 1.82) is 0 Å². The molecule has 1 atom stereocenters. The van der Waals surface area contributed by atoms with Crippen LogP contribution in [0.1, 0.15) is 103 Å². The Kier molecular flexibility index (Phi) is 9.77. The molecule has 21 heavy (non-hydrogen) atoms. The van der Waals surface area contributed by atoms with Crippen molar-refractivity contribution in [3.05, 3.63) is 0 Å². The Morgan fingerprint density at radius 1 is 0.524 bits per heavy atom. The highest BCUT2D eigenvalue weighted by Crippen LogP contribution is 2.32. The monoisotopic (exact) mass is 310 g/mol. The van der Waals surface area contributed by atoms with Crippen molar-refractivity contribution in [3.63, 3.8) is 0 Å². The van der Waals surface area contributed by atoms with Crippen LogP contribution in [0.4, 0.5) is 0 Å². The fourth-order valence-electron chi connectivity index (χ4n) is 4.23. The lowest BCUT2D eigenvalue weighted by atomic mass is 10.0. The molecule has 2 aliphatic rings. The van der Waals surface area contributed by atoms with Gasteiger partial charge >= 0.3 is 0 Å². The first-order chi connectivity index (χ1) is 10.5. The van der Waals surface area contributed by atoms with Gasteiger partial charge in [0.1, 0.15) is 0 Å². The van der Waals surface area contributed by atoms with Gasteiger partial charge in [0.2, 0.25) is 0 Å². The van der Waals surface area contributed by atoms with Crippen molar-refractivity contribution in [1.82, 2.24) is 0 Å². The molecule has 0 N–H and O–H groups in total. The summed E-state index contributed by atoms with van der Waals surface area (Å²) in [6, 6.07) is 1.48. The molecule has 1 unspecified atom stereocenters. The van der Waals surface area contributed by atoms with Crippen LogP contribution in [0.2, 0.25) is 11.6 Å². The van der Waals surface area contributed by atoms with Crippen LogP contribution in [0.5, 0.6) is 0 Å². The van der Waals surface area contributed by atoms with E-state index in [0.29, 0.717) is 0 Å². The van der Waals surface area contributed by atoms with Gasteiger partial charge in [0.25, 0.3) is 0 Å². The molecule has 1 saturated heterocycles. The van der Waals surface area contributed by atoms with E-state index in [1.165, 1.54) is 109 Å². The Balaban J connectivity index is 1.74. The molecule has 1 aliphatic carbocycles. The van der Waals surface area contributed by atoms with E-state index >= 15 is 0 Å².